The third-order valence-electron chi connectivity index (χ3n) is 2.37. The van der Waals surface area contributed by atoms with Gasteiger partial charge in [0.25, 0.3) is 0 Å². The SMILES string of the molecule is Cc1ccc(NC(=O)[C@@H](C)Sc2nncs2)c(Br)c1. The van der Waals surface area contributed by atoms with Crippen molar-refractivity contribution in [1.82, 2.24) is 10.2 Å². The van der Waals surface area contributed by atoms with Crippen LogP contribution in [0.25, 0.3) is 0 Å². The molecule has 2 aromatic rings. The van der Waals surface area contributed by atoms with E-state index in [4.69, 9.17) is 0 Å². The molecule has 7 heteroatoms. The van der Waals surface area contributed by atoms with Gasteiger partial charge in [-0.1, -0.05) is 29.2 Å². The first-order chi connectivity index (χ1) is 9.06. The summed E-state index contributed by atoms with van der Waals surface area (Å²) < 4.78 is 1.68. The van der Waals surface area contributed by atoms with Crippen LogP contribution in [-0.2, 0) is 4.79 Å². The summed E-state index contributed by atoms with van der Waals surface area (Å²) in [5.41, 5.74) is 3.57. The van der Waals surface area contributed by atoms with Crippen LogP contribution < -0.4 is 5.32 Å². The number of hydrogen-bond donors (Lipinski definition) is 1. The number of carbonyl (C=O) groups excluding carboxylic acids is 1. The van der Waals surface area contributed by atoms with Gasteiger partial charge in [-0.25, -0.2) is 0 Å². The lowest BCUT2D eigenvalue weighted by Crippen LogP contribution is -2.22. The normalized spacial score (nSPS) is 12.2. The van der Waals surface area contributed by atoms with Gasteiger partial charge in [0.15, 0.2) is 4.34 Å². The molecule has 4 nitrogen and oxygen atoms in total. The highest BCUT2D eigenvalue weighted by Gasteiger charge is 2.17. The highest BCUT2D eigenvalue weighted by Crippen LogP contribution is 2.27. The average molecular weight is 358 g/mol. The van der Waals surface area contributed by atoms with Crippen LogP contribution in [-0.4, -0.2) is 21.4 Å². The van der Waals surface area contributed by atoms with Crippen molar-refractivity contribution in [3.05, 3.63) is 33.7 Å². The number of aromatic nitrogens is 2. The summed E-state index contributed by atoms with van der Waals surface area (Å²) in [6, 6.07) is 5.82. The Labute approximate surface area is 128 Å². The summed E-state index contributed by atoms with van der Waals surface area (Å²) in [5, 5.41) is 10.3. The maximum absolute atomic E-state index is 12.1. The van der Waals surface area contributed by atoms with Crippen LogP contribution in [0.4, 0.5) is 5.69 Å². The van der Waals surface area contributed by atoms with Gasteiger partial charge in [0.05, 0.1) is 10.9 Å². The Bertz CT molecular complexity index is 574. The Balaban J connectivity index is 2.00. The van der Waals surface area contributed by atoms with Crippen LogP contribution in [0, 0.1) is 6.92 Å². The van der Waals surface area contributed by atoms with Gasteiger partial charge in [-0.15, -0.1) is 10.2 Å². The predicted octanol–water partition coefficient (Wildman–Crippen LogP) is 3.73. The fourth-order valence-electron chi connectivity index (χ4n) is 1.37. The van der Waals surface area contributed by atoms with E-state index >= 15 is 0 Å². The molecule has 1 aromatic heterocycles. The zero-order valence-electron chi connectivity index (χ0n) is 10.4. The number of thioether (sulfide) groups is 1. The van der Waals surface area contributed by atoms with Crippen LogP contribution in [0.1, 0.15) is 12.5 Å². The fraction of sp³-hybridized carbons (Fsp3) is 0.250. The molecule has 0 fully saturated rings. The van der Waals surface area contributed by atoms with Crippen molar-refractivity contribution < 1.29 is 4.79 Å². The number of carbonyl (C=O) groups is 1. The standard InChI is InChI=1S/C12H12BrN3OS2/c1-7-3-4-10(9(13)5-7)15-11(17)8(2)19-12-16-14-6-18-12/h3-6,8H,1-2H3,(H,15,17)/t8-/m1/s1. The van der Waals surface area contributed by atoms with Crippen molar-refractivity contribution in [3.8, 4) is 0 Å². The van der Waals surface area contributed by atoms with E-state index in [0.717, 1.165) is 20.1 Å². The first kappa shape index (κ1) is 14.5. The lowest BCUT2D eigenvalue weighted by molar-refractivity contribution is -0.115. The molecule has 1 N–H and O–H groups in total. The summed E-state index contributed by atoms with van der Waals surface area (Å²) >= 11 is 6.28. The van der Waals surface area contributed by atoms with E-state index in [9.17, 15) is 4.79 Å². The lowest BCUT2D eigenvalue weighted by atomic mass is 10.2. The second-order valence-corrected chi connectivity index (χ2v) is 7.21. The highest BCUT2D eigenvalue weighted by molar-refractivity contribution is 9.10. The van der Waals surface area contributed by atoms with Crippen molar-refractivity contribution in [3.63, 3.8) is 0 Å². The number of anilines is 1. The summed E-state index contributed by atoms with van der Waals surface area (Å²) in [7, 11) is 0. The monoisotopic (exact) mass is 357 g/mol. The Morgan fingerprint density at radius 1 is 1.53 bits per heavy atom. The van der Waals surface area contributed by atoms with Crippen molar-refractivity contribution in [2.45, 2.75) is 23.4 Å². The first-order valence-corrected chi connectivity index (χ1v) is 8.11. The zero-order valence-corrected chi connectivity index (χ0v) is 13.6. The van der Waals surface area contributed by atoms with Gasteiger partial charge in [0.1, 0.15) is 5.51 Å². The summed E-state index contributed by atoms with van der Waals surface area (Å²) in [5.74, 6) is -0.0512. The molecule has 0 radical (unpaired) electrons. The quantitative estimate of drug-likeness (QED) is 0.847. The van der Waals surface area contributed by atoms with E-state index in [1.807, 2.05) is 32.0 Å². The number of nitrogens with one attached hydrogen (secondary N) is 1. The molecule has 0 saturated carbocycles. The molecular weight excluding hydrogens is 346 g/mol. The molecule has 1 heterocycles. The van der Waals surface area contributed by atoms with Crippen LogP contribution in [0.5, 0.6) is 0 Å². The minimum atomic E-state index is -0.221. The third-order valence-corrected chi connectivity index (χ3v) is 4.94. The molecule has 1 atom stereocenters. The van der Waals surface area contributed by atoms with Gasteiger partial charge in [-0.2, -0.15) is 0 Å². The van der Waals surface area contributed by atoms with Crippen molar-refractivity contribution >= 4 is 50.6 Å². The fourth-order valence-corrected chi connectivity index (χ4v) is 3.59. The Morgan fingerprint density at radius 2 is 2.32 bits per heavy atom. The molecule has 1 amide bonds. The van der Waals surface area contributed by atoms with E-state index in [-0.39, 0.29) is 11.2 Å². The lowest BCUT2D eigenvalue weighted by Gasteiger charge is -2.12. The predicted molar refractivity (Wildman–Crippen MR) is 82.7 cm³/mol. The number of benzene rings is 1. The Morgan fingerprint density at radius 3 is 2.95 bits per heavy atom. The largest absolute Gasteiger partial charge is 0.324 e. The molecule has 0 bridgehead atoms. The van der Waals surface area contributed by atoms with Gasteiger partial charge in [-0.05, 0) is 47.5 Å². The van der Waals surface area contributed by atoms with Crippen molar-refractivity contribution in [2.24, 2.45) is 0 Å². The Kier molecular flexibility index (Phi) is 4.95. The first-order valence-electron chi connectivity index (χ1n) is 5.56. The van der Waals surface area contributed by atoms with Crippen molar-refractivity contribution in [1.29, 1.82) is 0 Å². The molecule has 100 valence electrons. The number of hydrogen-bond acceptors (Lipinski definition) is 5. The number of halogens is 1. The number of rotatable bonds is 4. The smallest absolute Gasteiger partial charge is 0.237 e. The summed E-state index contributed by atoms with van der Waals surface area (Å²) in [6.45, 7) is 3.85. The van der Waals surface area contributed by atoms with Gasteiger partial charge >= 0.3 is 0 Å². The molecule has 0 saturated heterocycles. The molecule has 0 aliphatic carbocycles. The minimum absolute atomic E-state index is 0.0512. The molecule has 2 rings (SSSR count). The average Bonchev–Trinajstić information content (AvgIpc) is 2.85. The molecule has 1 aromatic carbocycles. The van der Waals surface area contributed by atoms with E-state index in [1.165, 1.54) is 23.1 Å². The summed E-state index contributed by atoms with van der Waals surface area (Å²) in [6.07, 6.45) is 0. The highest BCUT2D eigenvalue weighted by atomic mass is 79.9. The van der Waals surface area contributed by atoms with Crippen molar-refractivity contribution in [2.75, 3.05) is 5.32 Å². The van der Waals surface area contributed by atoms with E-state index in [1.54, 1.807) is 5.51 Å². The van der Waals surface area contributed by atoms with E-state index in [2.05, 4.69) is 31.4 Å². The van der Waals surface area contributed by atoms with Gasteiger partial charge < -0.3 is 5.32 Å². The van der Waals surface area contributed by atoms with Gasteiger partial charge in [-0.3, -0.25) is 4.79 Å². The minimum Gasteiger partial charge on any atom is -0.324 e. The number of nitrogens with zero attached hydrogens (tertiary/aromatic N) is 2. The molecular formula is C12H12BrN3OS2. The third kappa shape index (κ3) is 4.02. The van der Waals surface area contributed by atoms with Crippen LogP contribution in [0.15, 0.2) is 32.5 Å². The second-order valence-electron chi connectivity index (χ2n) is 3.94. The maximum atomic E-state index is 12.1. The van der Waals surface area contributed by atoms with E-state index in [0.29, 0.717) is 0 Å². The molecule has 0 aliphatic rings. The van der Waals surface area contributed by atoms with Crippen LogP contribution >= 0.6 is 39.0 Å². The topological polar surface area (TPSA) is 54.9 Å². The van der Waals surface area contributed by atoms with Crippen LogP contribution in [0.2, 0.25) is 0 Å². The molecule has 0 unspecified atom stereocenters. The number of aryl methyl sites for hydroxylation is 1. The van der Waals surface area contributed by atoms with E-state index < -0.39 is 0 Å². The zero-order chi connectivity index (χ0) is 13.8. The summed E-state index contributed by atoms with van der Waals surface area (Å²) in [4.78, 5) is 12.1. The van der Waals surface area contributed by atoms with Gasteiger partial charge in [0.2, 0.25) is 5.91 Å². The number of amides is 1. The second kappa shape index (κ2) is 6.49. The van der Waals surface area contributed by atoms with Gasteiger partial charge in [0, 0.05) is 4.47 Å². The Hall–Kier alpha value is -0.920. The molecule has 0 aliphatic heterocycles. The maximum Gasteiger partial charge on any atom is 0.237 e. The van der Waals surface area contributed by atoms with Crippen LogP contribution in [0.3, 0.4) is 0 Å². The molecule has 0 spiro atoms. The molecule has 19 heavy (non-hydrogen) atoms.